The Hall–Kier alpha value is -2.07. The van der Waals surface area contributed by atoms with Crippen molar-refractivity contribution in [2.24, 2.45) is 0 Å². The first kappa shape index (κ1) is 15.3. The van der Waals surface area contributed by atoms with Crippen LogP contribution >= 0.6 is 0 Å². The van der Waals surface area contributed by atoms with Crippen LogP contribution in [0.3, 0.4) is 0 Å². The maximum absolute atomic E-state index is 6.24. The van der Waals surface area contributed by atoms with E-state index in [1.807, 2.05) is 42.6 Å². The Morgan fingerprint density at radius 1 is 1.10 bits per heavy atom. The number of para-hydroxylation sites is 1. The summed E-state index contributed by atoms with van der Waals surface area (Å²) in [5, 5.41) is 3.28. The van der Waals surface area contributed by atoms with E-state index in [2.05, 4.69) is 29.3 Å². The summed E-state index contributed by atoms with van der Waals surface area (Å²) in [7, 11) is 4.20. The molecule has 0 aliphatic carbocycles. The highest BCUT2D eigenvalue weighted by molar-refractivity contribution is 5.71. The summed E-state index contributed by atoms with van der Waals surface area (Å²) < 4.78 is 0. The van der Waals surface area contributed by atoms with Crippen LogP contribution in [0.25, 0.3) is 0 Å². The molecule has 112 valence electrons. The summed E-state index contributed by atoms with van der Waals surface area (Å²) in [6, 6.07) is 12.0. The Labute approximate surface area is 127 Å². The number of anilines is 3. The maximum Gasteiger partial charge on any atom is 0.153 e. The fourth-order valence-electron chi connectivity index (χ4n) is 2.23. The summed E-state index contributed by atoms with van der Waals surface area (Å²) in [5.41, 5.74) is 9.16. The maximum atomic E-state index is 6.24. The van der Waals surface area contributed by atoms with Crippen molar-refractivity contribution in [3.8, 4) is 0 Å². The normalized spacial score (nSPS) is 10.8. The van der Waals surface area contributed by atoms with Crippen LogP contribution < -0.4 is 11.1 Å². The van der Waals surface area contributed by atoms with Gasteiger partial charge in [-0.2, -0.15) is 0 Å². The fourth-order valence-corrected chi connectivity index (χ4v) is 2.23. The smallest absolute Gasteiger partial charge is 0.153 e. The molecule has 0 bridgehead atoms. The van der Waals surface area contributed by atoms with Crippen molar-refractivity contribution in [1.82, 2.24) is 9.88 Å². The monoisotopic (exact) mass is 284 g/mol. The molecule has 0 atom stereocenters. The average Bonchev–Trinajstić information content (AvgIpc) is 2.48. The van der Waals surface area contributed by atoms with Crippen molar-refractivity contribution in [3.05, 3.63) is 48.2 Å². The van der Waals surface area contributed by atoms with Gasteiger partial charge in [-0.25, -0.2) is 4.98 Å². The fraction of sp³-hybridized carbons (Fsp3) is 0.353. The van der Waals surface area contributed by atoms with Crippen LogP contribution in [0.1, 0.15) is 18.4 Å². The third-order valence-corrected chi connectivity index (χ3v) is 3.42. The number of nitrogens with two attached hydrogens (primary N) is 1. The number of unbranched alkanes of at least 4 members (excludes halogenated alkanes) is 1. The summed E-state index contributed by atoms with van der Waals surface area (Å²) >= 11 is 0. The Kier molecular flexibility index (Phi) is 5.58. The van der Waals surface area contributed by atoms with E-state index in [0.29, 0.717) is 0 Å². The van der Waals surface area contributed by atoms with Gasteiger partial charge in [0.2, 0.25) is 0 Å². The number of benzene rings is 1. The number of nitrogens with zero attached hydrogens (tertiary/aromatic N) is 2. The highest BCUT2D eigenvalue weighted by atomic mass is 15.0. The highest BCUT2D eigenvalue weighted by Gasteiger charge is 2.06. The molecule has 0 saturated heterocycles. The number of aromatic nitrogens is 1. The number of hydrogen-bond acceptors (Lipinski definition) is 4. The Morgan fingerprint density at radius 3 is 2.57 bits per heavy atom. The number of nitrogens with one attached hydrogen (secondary N) is 1. The molecule has 4 nitrogen and oxygen atoms in total. The van der Waals surface area contributed by atoms with E-state index >= 15 is 0 Å². The second-order valence-corrected chi connectivity index (χ2v) is 5.48. The van der Waals surface area contributed by atoms with Crippen LogP contribution in [0.15, 0.2) is 42.6 Å². The molecule has 1 heterocycles. The van der Waals surface area contributed by atoms with E-state index in [4.69, 9.17) is 5.73 Å². The van der Waals surface area contributed by atoms with Gasteiger partial charge in [-0.15, -0.1) is 0 Å². The standard InChI is InChI=1S/C17H24N4/c1-21(2)13-7-6-8-14-11-12-19-17(16(14)18)20-15-9-4-3-5-10-15/h3-5,9-12H,6-8,13,18H2,1-2H3,(H,19,20). The average molecular weight is 284 g/mol. The predicted molar refractivity (Wildman–Crippen MR) is 89.9 cm³/mol. The van der Waals surface area contributed by atoms with Crippen molar-refractivity contribution in [1.29, 1.82) is 0 Å². The third-order valence-electron chi connectivity index (χ3n) is 3.42. The summed E-state index contributed by atoms with van der Waals surface area (Å²) in [6.45, 7) is 1.11. The second-order valence-electron chi connectivity index (χ2n) is 5.48. The minimum Gasteiger partial charge on any atom is -0.396 e. The molecule has 1 aromatic heterocycles. The lowest BCUT2D eigenvalue weighted by molar-refractivity contribution is 0.394. The number of rotatable bonds is 7. The Balaban J connectivity index is 1.99. The van der Waals surface area contributed by atoms with Crippen molar-refractivity contribution in [2.75, 3.05) is 31.7 Å². The van der Waals surface area contributed by atoms with Gasteiger partial charge in [0, 0.05) is 11.9 Å². The van der Waals surface area contributed by atoms with Gasteiger partial charge in [0.25, 0.3) is 0 Å². The van der Waals surface area contributed by atoms with E-state index < -0.39 is 0 Å². The minimum absolute atomic E-state index is 0.742. The first-order valence-corrected chi connectivity index (χ1v) is 7.37. The number of aryl methyl sites for hydroxylation is 1. The molecule has 2 rings (SSSR count). The molecule has 0 radical (unpaired) electrons. The Morgan fingerprint density at radius 2 is 1.86 bits per heavy atom. The van der Waals surface area contributed by atoms with Gasteiger partial charge in [0.1, 0.15) is 0 Å². The van der Waals surface area contributed by atoms with E-state index in [1.54, 1.807) is 0 Å². The molecule has 3 N–H and O–H groups in total. The van der Waals surface area contributed by atoms with Gasteiger partial charge < -0.3 is 16.0 Å². The lowest BCUT2D eigenvalue weighted by Gasteiger charge is -2.13. The van der Waals surface area contributed by atoms with E-state index in [9.17, 15) is 0 Å². The van der Waals surface area contributed by atoms with Gasteiger partial charge in [-0.05, 0) is 63.7 Å². The zero-order chi connectivity index (χ0) is 15.1. The van der Waals surface area contributed by atoms with Crippen molar-refractivity contribution in [3.63, 3.8) is 0 Å². The zero-order valence-electron chi connectivity index (χ0n) is 12.8. The quantitative estimate of drug-likeness (QED) is 0.766. The minimum atomic E-state index is 0.742. The summed E-state index contributed by atoms with van der Waals surface area (Å²) in [4.78, 5) is 6.55. The summed E-state index contributed by atoms with van der Waals surface area (Å²) in [6.07, 6.45) is 5.13. The molecule has 0 amide bonds. The molecule has 0 unspecified atom stereocenters. The Bertz CT molecular complexity index is 552. The van der Waals surface area contributed by atoms with Gasteiger partial charge >= 0.3 is 0 Å². The second kappa shape index (κ2) is 7.64. The van der Waals surface area contributed by atoms with Crippen LogP contribution in [0.2, 0.25) is 0 Å². The zero-order valence-corrected chi connectivity index (χ0v) is 12.8. The van der Waals surface area contributed by atoms with E-state index in [0.717, 1.165) is 36.6 Å². The molecule has 0 fully saturated rings. The number of hydrogen-bond donors (Lipinski definition) is 2. The first-order valence-electron chi connectivity index (χ1n) is 7.37. The molecule has 1 aromatic carbocycles. The van der Waals surface area contributed by atoms with Crippen LogP contribution in [0, 0.1) is 0 Å². The van der Waals surface area contributed by atoms with Gasteiger partial charge in [0.15, 0.2) is 5.82 Å². The van der Waals surface area contributed by atoms with Crippen LogP contribution in [-0.4, -0.2) is 30.5 Å². The van der Waals surface area contributed by atoms with Crippen LogP contribution in [0.4, 0.5) is 17.2 Å². The first-order chi connectivity index (χ1) is 10.2. The topological polar surface area (TPSA) is 54.2 Å². The molecule has 2 aromatic rings. The van der Waals surface area contributed by atoms with Gasteiger partial charge in [-0.1, -0.05) is 18.2 Å². The third kappa shape index (κ3) is 4.76. The SMILES string of the molecule is CN(C)CCCCc1ccnc(Nc2ccccc2)c1N. The number of pyridine rings is 1. The highest BCUT2D eigenvalue weighted by Crippen LogP contribution is 2.24. The molecule has 0 aliphatic heterocycles. The molecular formula is C17H24N4. The lowest BCUT2D eigenvalue weighted by Crippen LogP contribution is -2.13. The van der Waals surface area contributed by atoms with Crippen molar-refractivity contribution >= 4 is 17.2 Å². The van der Waals surface area contributed by atoms with Gasteiger partial charge in [0.05, 0.1) is 5.69 Å². The number of nitrogen functional groups attached to an aromatic ring is 1. The molecule has 21 heavy (non-hydrogen) atoms. The molecule has 0 saturated carbocycles. The predicted octanol–water partition coefficient (Wildman–Crippen LogP) is 3.29. The van der Waals surface area contributed by atoms with Crippen LogP contribution in [-0.2, 0) is 6.42 Å². The van der Waals surface area contributed by atoms with Crippen molar-refractivity contribution in [2.45, 2.75) is 19.3 Å². The van der Waals surface area contributed by atoms with Crippen LogP contribution in [0.5, 0.6) is 0 Å². The van der Waals surface area contributed by atoms with Crippen molar-refractivity contribution < 1.29 is 0 Å². The lowest BCUT2D eigenvalue weighted by atomic mass is 10.1. The largest absolute Gasteiger partial charge is 0.396 e. The van der Waals surface area contributed by atoms with E-state index in [1.165, 1.54) is 12.0 Å². The summed E-state index contributed by atoms with van der Waals surface area (Å²) in [5.74, 6) is 0.742. The van der Waals surface area contributed by atoms with Gasteiger partial charge in [-0.3, -0.25) is 0 Å². The molecular weight excluding hydrogens is 260 g/mol. The van der Waals surface area contributed by atoms with E-state index in [-0.39, 0.29) is 0 Å². The molecule has 4 heteroatoms. The molecule has 0 spiro atoms. The molecule has 0 aliphatic rings.